The van der Waals surface area contributed by atoms with E-state index in [1.165, 1.54) is 16.2 Å². The molecule has 4 heterocycles. The Labute approximate surface area is 229 Å². The minimum absolute atomic E-state index is 0.203. The quantitative estimate of drug-likeness (QED) is 0.259. The topological polar surface area (TPSA) is 101 Å². The molecule has 2 amide bonds. The van der Waals surface area contributed by atoms with Gasteiger partial charge >= 0.3 is 0 Å². The molecule has 2 aromatic carbocycles. The predicted molar refractivity (Wildman–Crippen MR) is 152 cm³/mol. The molecule has 9 heteroatoms. The number of carbonyl (C=O) groups is 2. The van der Waals surface area contributed by atoms with Crippen LogP contribution in [-0.2, 0) is 6.42 Å². The second-order valence-electron chi connectivity index (χ2n) is 9.86. The van der Waals surface area contributed by atoms with Crippen LogP contribution in [0.3, 0.4) is 0 Å². The van der Waals surface area contributed by atoms with Gasteiger partial charge in [0, 0.05) is 24.3 Å². The molecule has 1 atom stereocenters. The van der Waals surface area contributed by atoms with Crippen LogP contribution in [-0.4, -0.2) is 49.5 Å². The molecule has 0 saturated heterocycles. The lowest BCUT2D eigenvalue weighted by molar-refractivity contribution is 0.0647. The van der Waals surface area contributed by atoms with E-state index in [-0.39, 0.29) is 30.3 Å². The molecule has 194 valence electrons. The molecule has 0 saturated carbocycles. The van der Waals surface area contributed by atoms with Crippen LogP contribution in [0, 0.1) is 0 Å². The summed E-state index contributed by atoms with van der Waals surface area (Å²) >= 11 is 1.39. The van der Waals surface area contributed by atoms with Crippen LogP contribution in [0.5, 0.6) is 0 Å². The van der Waals surface area contributed by atoms with E-state index in [2.05, 4.69) is 34.3 Å². The molecule has 0 bridgehead atoms. The first kappa shape index (κ1) is 24.8. The van der Waals surface area contributed by atoms with E-state index in [1.807, 2.05) is 54.9 Å². The Morgan fingerprint density at radius 3 is 2.31 bits per heavy atom. The van der Waals surface area contributed by atoms with E-state index in [1.54, 1.807) is 24.3 Å². The number of nitrogens with zero attached hydrogens (tertiary/aromatic N) is 5. The van der Waals surface area contributed by atoms with E-state index in [0.717, 1.165) is 27.7 Å². The number of imide groups is 1. The van der Waals surface area contributed by atoms with E-state index in [0.29, 0.717) is 27.7 Å². The molecule has 0 aliphatic carbocycles. The van der Waals surface area contributed by atoms with Crippen molar-refractivity contribution in [2.24, 2.45) is 0 Å². The smallest absolute Gasteiger partial charge is 0.261 e. The molecule has 0 spiro atoms. The Morgan fingerprint density at radius 1 is 0.872 bits per heavy atom. The highest BCUT2D eigenvalue weighted by molar-refractivity contribution is 7.18. The largest absolute Gasteiger partial charge is 0.355 e. The SMILES string of the molecule is CC(C)c1cncc2ccc(-c3nnc(N[C@H](Cc4ccccc4)CN4C(=O)c5ccccc5C4=O)s3)nc12. The highest BCUT2D eigenvalue weighted by Gasteiger charge is 2.36. The number of pyridine rings is 2. The van der Waals surface area contributed by atoms with Gasteiger partial charge in [0.15, 0.2) is 5.01 Å². The van der Waals surface area contributed by atoms with Gasteiger partial charge in [-0.05, 0) is 47.7 Å². The summed E-state index contributed by atoms with van der Waals surface area (Å²) in [5, 5.41) is 14.5. The van der Waals surface area contributed by atoms with E-state index in [9.17, 15) is 9.59 Å². The molecule has 1 N–H and O–H groups in total. The lowest BCUT2D eigenvalue weighted by Gasteiger charge is -2.23. The van der Waals surface area contributed by atoms with Crippen molar-refractivity contribution in [3.8, 4) is 10.7 Å². The predicted octanol–water partition coefficient (Wildman–Crippen LogP) is 5.59. The standard InChI is InChI=1S/C30H26N6O2S/c1-18(2)24-16-31-15-20-12-13-25(33-26(20)24)27-34-35-30(39-27)32-21(14-19-8-4-3-5-9-19)17-36-28(37)22-10-6-7-11-23(22)29(36)38/h3-13,15-16,18,21H,14,17H2,1-2H3,(H,32,35)/t21-/m1/s1. The number of carbonyl (C=O) groups excluding carboxylic acids is 2. The summed E-state index contributed by atoms with van der Waals surface area (Å²) in [5.74, 6) is -0.259. The number of benzene rings is 2. The van der Waals surface area contributed by atoms with Crippen LogP contribution in [0.25, 0.3) is 21.6 Å². The number of hydrogen-bond donors (Lipinski definition) is 1. The second-order valence-corrected chi connectivity index (χ2v) is 10.8. The number of hydrogen-bond acceptors (Lipinski definition) is 8. The summed E-state index contributed by atoms with van der Waals surface area (Å²) in [6.07, 6.45) is 4.28. The van der Waals surface area contributed by atoms with Crippen LogP contribution in [0.15, 0.2) is 79.1 Å². The Morgan fingerprint density at radius 2 is 1.59 bits per heavy atom. The minimum atomic E-state index is -0.274. The molecule has 1 aliphatic rings. The third-order valence-electron chi connectivity index (χ3n) is 6.83. The Hall–Kier alpha value is -4.50. The molecule has 39 heavy (non-hydrogen) atoms. The van der Waals surface area contributed by atoms with Crippen molar-refractivity contribution >= 4 is 39.2 Å². The van der Waals surface area contributed by atoms with Gasteiger partial charge in [0.05, 0.1) is 22.7 Å². The third-order valence-corrected chi connectivity index (χ3v) is 7.70. The van der Waals surface area contributed by atoms with Gasteiger partial charge in [0.2, 0.25) is 5.13 Å². The summed E-state index contributed by atoms with van der Waals surface area (Å²) in [6.45, 7) is 4.45. The van der Waals surface area contributed by atoms with Crippen LogP contribution < -0.4 is 5.32 Å². The molecule has 8 nitrogen and oxygen atoms in total. The van der Waals surface area contributed by atoms with Crippen LogP contribution in [0.4, 0.5) is 5.13 Å². The molecule has 0 fully saturated rings. The van der Waals surface area contributed by atoms with Gasteiger partial charge in [-0.3, -0.25) is 19.5 Å². The van der Waals surface area contributed by atoms with Gasteiger partial charge < -0.3 is 5.32 Å². The molecule has 3 aromatic heterocycles. The van der Waals surface area contributed by atoms with Gasteiger partial charge in [-0.1, -0.05) is 67.6 Å². The lowest BCUT2D eigenvalue weighted by atomic mass is 10.0. The Balaban J connectivity index is 1.27. The van der Waals surface area contributed by atoms with Gasteiger partial charge in [-0.2, -0.15) is 0 Å². The van der Waals surface area contributed by atoms with Crippen molar-refractivity contribution in [2.75, 3.05) is 11.9 Å². The molecular weight excluding hydrogens is 508 g/mol. The van der Waals surface area contributed by atoms with Crippen molar-refractivity contribution in [1.29, 1.82) is 0 Å². The van der Waals surface area contributed by atoms with Crippen molar-refractivity contribution in [1.82, 2.24) is 25.1 Å². The van der Waals surface area contributed by atoms with Crippen molar-refractivity contribution in [2.45, 2.75) is 32.2 Å². The van der Waals surface area contributed by atoms with Gasteiger partial charge in [0.25, 0.3) is 11.8 Å². The zero-order valence-corrected chi connectivity index (χ0v) is 22.4. The zero-order chi connectivity index (χ0) is 26.9. The average molecular weight is 535 g/mol. The molecule has 0 unspecified atom stereocenters. The van der Waals surface area contributed by atoms with E-state index in [4.69, 9.17) is 4.98 Å². The van der Waals surface area contributed by atoms with Crippen LogP contribution >= 0.6 is 11.3 Å². The molecule has 6 rings (SSSR count). The maximum Gasteiger partial charge on any atom is 0.261 e. The first-order chi connectivity index (χ1) is 19.0. The highest BCUT2D eigenvalue weighted by atomic mass is 32.1. The van der Waals surface area contributed by atoms with Crippen LogP contribution in [0.1, 0.15) is 51.6 Å². The average Bonchev–Trinajstić information content (AvgIpc) is 3.52. The first-order valence-electron chi connectivity index (χ1n) is 12.8. The summed E-state index contributed by atoms with van der Waals surface area (Å²) in [5.41, 5.74) is 4.70. The molecule has 0 radical (unpaired) electrons. The Kier molecular flexibility index (Phi) is 6.58. The summed E-state index contributed by atoms with van der Waals surface area (Å²) in [4.78, 5) is 36.7. The van der Waals surface area contributed by atoms with E-state index >= 15 is 0 Å². The van der Waals surface area contributed by atoms with Gasteiger partial charge in [-0.15, -0.1) is 10.2 Å². The highest BCUT2D eigenvalue weighted by Crippen LogP contribution is 2.30. The first-order valence-corrected chi connectivity index (χ1v) is 13.6. The zero-order valence-electron chi connectivity index (χ0n) is 21.5. The van der Waals surface area contributed by atoms with Crippen LogP contribution in [0.2, 0.25) is 0 Å². The fourth-order valence-electron chi connectivity index (χ4n) is 4.85. The monoisotopic (exact) mass is 534 g/mol. The third kappa shape index (κ3) is 4.88. The number of amides is 2. The normalized spacial score (nSPS) is 13.8. The summed E-state index contributed by atoms with van der Waals surface area (Å²) in [6, 6.07) is 20.6. The number of fused-ring (bicyclic) bond motifs is 2. The van der Waals surface area contributed by atoms with Gasteiger partial charge in [0.1, 0.15) is 5.69 Å². The molecular formula is C30H26N6O2S. The van der Waals surface area contributed by atoms with E-state index < -0.39 is 0 Å². The maximum absolute atomic E-state index is 13.1. The number of rotatable bonds is 8. The molecule has 1 aliphatic heterocycles. The number of aromatic nitrogens is 4. The molecule has 5 aromatic rings. The fourth-order valence-corrected chi connectivity index (χ4v) is 5.64. The van der Waals surface area contributed by atoms with Crippen molar-refractivity contribution in [3.05, 3.63) is 101 Å². The summed E-state index contributed by atoms with van der Waals surface area (Å²) < 4.78 is 0. The van der Waals surface area contributed by atoms with Crippen molar-refractivity contribution < 1.29 is 9.59 Å². The van der Waals surface area contributed by atoms with Crippen molar-refractivity contribution in [3.63, 3.8) is 0 Å². The number of anilines is 1. The maximum atomic E-state index is 13.1. The summed E-state index contributed by atoms with van der Waals surface area (Å²) in [7, 11) is 0. The van der Waals surface area contributed by atoms with Gasteiger partial charge in [-0.25, -0.2) is 4.98 Å². The minimum Gasteiger partial charge on any atom is -0.355 e. The second kappa shape index (κ2) is 10.3. The lowest BCUT2D eigenvalue weighted by Crippen LogP contribution is -2.41. The number of nitrogens with one attached hydrogen (secondary N) is 1. The fraction of sp³-hybridized carbons (Fsp3) is 0.200. The Bertz CT molecular complexity index is 1650.